The van der Waals surface area contributed by atoms with Crippen molar-refractivity contribution in [3.8, 4) is 21.7 Å². The zero-order chi connectivity index (χ0) is 31.9. The number of hydrogen-bond acceptors (Lipinski definition) is 9. The number of ether oxygens (including phenoxy) is 1. The minimum absolute atomic E-state index is 0.124. The highest BCUT2D eigenvalue weighted by molar-refractivity contribution is 7.94. The molecule has 6 rings (SSSR count). The first-order valence-electron chi connectivity index (χ1n) is 14.8. The molecule has 45 heavy (non-hydrogen) atoms. The van der Waals surface area contributed by atoms with Gasteiger partial charge in [0.2, 0.25) is 5.88 Å². The monoisotopic (exact) mass is 661 g/mol. The number of aryl methyl sites for hydroxylation is 4. The number of anilines is 1. The predicted octanol–water partition coefficient (Wildman–Crippen LogP) is 8.06. The fourth-order valence-electron chi connectivity index (χ4n) is 5.40. The van der Waals surface area contributed by atoms with E-state index in [4.69, 9.17) is 19.3 Å². The number of rotatable bonds is 11. The van der Waals surface area contributed by atoms with Crippen LogP contribution in [-0.4, -0.2) is 34.9 Å². The fraction of sp³-hybridized carbons (Fsp3) is 0.303. The number of benzene rings is 1. The van der Waals surface area contributed by atoms with Gasteiger partial charge in [-0.05, 0) is 81.3 Å². The number of hydrogen-bond donors (Lipinski definition) is 1. The van der Waals surface area contributed by atoms with Crippen molar-refractivity contribution in [3.05, 3.63) is 86.5 Å². The van der Waals surface area contributed by atoms with Crippen LogP contribution in [0.4, 0.5) is 5.88 Å². The third-order valence-electron chi connectivity index (χ3n) is 7.79. The van der Waals surface area contributed by atoms with Gasteiger partial charge in [0.15, 0.2) is 0 Å². The lowest BCUT2D eigenvalue weighted by Crippen LogP contribution is -2.13. The van der Waals surface area contributed by atoms with Gasteiger partial charge in [-0.2, -0.15) is 5.10 Å². The Balaban J connectivity index is 1.42. The second-order valence-electron chi connectivity index (χ2n) is 10.9. The lowest BCUT2D eigenvalue weighted by molar-refractivity contribution is 0.134. The Kier molecular flexibility index (Phi) is 8.66. The Morgan fingerprint density at radius 3 is 2.53 bits per heavy atom. The van der Waals surface area contributed by atoms with Gasteiger partial charge in [-0.1, -0.05) is 36.3 Å². The van der Waals surface area contributed by atoms with Crippen molar-refractivity contribution < 1.29 is 17.7 Å². The summed E-state index contributed by atoms with van der Waals surface area (Å²) in [7, 11) is -3.96. The average molecular weight is 662 g/mol. The molecule has 5 heterocycles. The van der Waals surface area contributed by atoms with Crippen LogP contribution in [0, 0.1) is 27.7 Å². The number of aromatic nitrogens is 4. The molecule has 0 spiro atoms. The van der Waals surface area contributed by atoms with Gasteiger partial charge >= 0.3 is 0 Å². The molecule has 0 saturated carbocycles. The molecular weight excluding hydrogens is 627 g/mol. The molecule has 0 aliphatic carbocycles. The molecule has 0 radical (unpaired) electrons. The lowest BCUT2D eigenvalue weighted by Gasteiger charge is -2.14. The molecule has 0 amide bonds. The van der Waals surface area contributed by atoms with Crippen LogP contribution in [0.25, 0.3) is 32.6 Å². The topological polar surface area (TPSA) is 112 Å². The molecule has 0 fully saturated rings. The van der Waals surface area contributed by atoms with Gasteiger partial charge in [0.05, 0.1) is 34.6 Å². The molecule has 234 valence electrons. The lowest BCUT2D eigenvalue weighted by atomic mass is 9.99. The molecule has 1 aromatic carbocycles. The standard InChI is InChI=1S/C33H35N5O4S3/c1-7-25-16-28-30(22(6)34-25)31(29-10-9-13-43-29)35-38(28)17-23-11-12-26(24(15-23)18-41-8-2)27-14-19(3)44-33(27)45(39,40)37-32-20(4)21(5)36-42-32/h9-16,37H,7-8,17-18H2,1-6H3. The zero-order valence-electron chi connectivity index (χ0n) is 26.1. The molecule has 9 nitrogen and oxygen atoms in total. The van der Waals surface area contributed by atoms with E-state index in [-0.39, 0.29) is 10.1 Å². The average Bonchev–Trinajstić information content (AvgIpc) is 3.81. The Bertz CT molecular complexity index is 2110. The van der Waals surface area contributed by atoms with Crippen molar-refractivity contribution >= 4 is 49.5 Å². The molecule has 0 unspecified atom stereocenters. The van der Waals surface area contributed by atoms with Gasteiger partial charge < -0.3 is 9.26 Å². The van der Waals surface area contributed by atoms with E-state index in [1.54, 1.807) is 25.2 Å². The summed E-state index contributed by atoms with van der Waals surface area (Å²) in [5, 5.41) is 12.1. The second-order valence-corrected chi connectivity index (χ2v) is 15.0. The maximum atomic E-state index is 13.7. The van der Waals surface area contributed by atoms with E-state index in [1.807, 2.05) is 49.7 Å². The van der Waals surface area contributed by atoms with Crippen LogP contribution in [-0.2, 0) is 34.3 Å². The largest absolute Gasteiger partial charge is 0.377 e. The molecule has 0 aliphatic rings. The summed E-state index contributed by atoms with van der Waals surface area (Å²) >= 11 is 2.89. The first kappa shape index (κ1) is 31.2. The third kappa shape index (κ3) is 6.07. The number of fused-ring (bicyclic) bond motifs is 1. The smallest absolute Gasteiger partial charge is 0.274 e. The molecule has 0 atom stereocenters. The Labute approximate surface area is 270 Å². The van der Waals surface area contributed by atoms with E-state index < -0.39 is 10.0 Å². The van der Waals surface area contributed by atoms with Crippen molar-refractivity contribution in [2.45, 2.75) is 65.3 Å². The normalized spacial score (nSPS) is 12.0. The van der Waals surface area contributed by atoms with Crippen LogP contribution in [0.15, 0.2) is 56.6 Å². The molecule has 12 heteroatoms. The number of nitrogens with one attached hydrogen (secondary N) is 1. The van der Waals surface area contributed by atoms with Crippen molar-refractivity contribution in [1.29, 1.82) is 0 Å². The van der Waals surface area contributed by atoms with Crippen molar-refractivity contribution in [3.63, 3.8) is 0 Å². The molecule has 0 saturated heterocycles. The summed E-state index contributed by atoms with van der Waals surface area (Å²) in [6.45, 7) is 13.0. The third-order valence-corrected chi connectivity index (χ3v) is 11.6. The van der Waals surface area contributed by atoms with Crippen molar-refractivity contribution in [2.24, 2.45) is 0 Å². The minimum Gasteiger partial charge on any atom is -0.377 e. The van der Waals surface area contributed by atoms with E-state index in [9.17, 15) is 8.42 Å². The van der Waals surface area contributed by atoms with Crippen LogP contribution in [0.2, 0.25) is 0 Å². The Hall–Kier alpha value is -3.84. The van der Waals surface area contributed by atoms with E-state index in [1.165, 1.54) is 11.3 Å². The van der Waals surface area contributed by atoms with Crippen molar-refractivity contribution in [2.75, 3.05) is 11.3 Å². The molecule has 0 bridgehead atoms. The van der Waals surface area contributed by atoms with Gasteiger partial charge in [0.25, 0.3) is 10.0 Å². The van der Waals surface area contributed by atoms with Crippen molar-refractivity contribution in [1.82, 2.24) is 19.9 Å². The summed E-state index contributed by atoms with van der Waals surface area (Å²) in [5.74, 6) is 0.124. The van der Waals surface area contributed by atoms with E-state index in [0.717, 1.165) is 60.9 Å². The molecular formula is C33H35N5O4S3. The van der Waals surface area contributed by atoms with Crippen LogP contribution in [0.1, 0.15) is 52.5 Å². The van der Waals surface area contributed by atoms with Crippen LogP contribution in [0.3, 0.4) is 0 Å². The second kappa shape index (κ2) is 12.5. The van der Waals surface area contributed by atoms with E-state index in [0.29, 0.717) is 36.6 Å². The first-order chi connectivity index (χ1) is 21.6. The number of nitrogens with zero attached hydrogens (tertiary/aromatic N) is 4. The van der Waals surface area contributed by atoms with Gasteiger partial charge in [0.1, 0.15) is 9.90 Å². The number of pyridine rings is 1. The summed E-state index contributed by atoms with van der Waals surface area (Å²) in [6, 6.07) is 14.3. The van der Waals surface area contributed by atoms with Gasteiger partial charge in [0, 0.05) is 34.0 Å². The highest BCUT2D eigenvalue weighted by Gasteiger charge is 2.27. The molecule has 0 aliphatic heterocycles. The molecule has 5 aromatic heterocycles. The summed E-state index contributed by atoms with van der Waals surface area (Å²) < 4.78 is 43.4. The highest BCUT2D eigenvalue weighted by atomic mass is 32.2. The predicted molar refractivity (Wildman–Crippen MR) is 181 cm³/mol. The van der Waals surface area contributed by atoms with Crippen LogP contribution >= 0.6 is 22.7 Å². The number of thiophene rings is 2. The summed E-state index contributed by atoms with van der Waals surface area (Å²) in [6.07, 6.45) is 0.833. The zero-order valence-corrected chi connectivity index (χ0v) is 28.5. The van der Waals surface area contributed by atoms with Crippen LogP contribution in [0.5, 0.6) is 0 Å². The maximum Gasteiger partial charge on any atom is 0.274 e. The van der Waals surface area contributed by atoms with Gasteiger partial charge in [-0.3, -0.25) is 9.67 Å². The van der Waals surface area contributed by atoms with E-state index in [2.05, 4.69) is 40.4 Å². The molecule has 6 aromatic rings. The van der Waals surface area contributed by atoms with Crippen LogP contribution < -0.4 is 4.72 Å². The Morgan fingerprint density at radius 2 is 1.84 bits per heavy atom. The van der Waals surface area contributed by atoms with Gasteiger partial charge in [-0.25, -0.2) is 13.1 Å². The fourth-order valence-corrected chi connectivity index (χ4v) is 8.81. The minimum atomic E-state index is -3.96. The molecule has 1 N–H and O–H groups in total. The number of sulfonamides is 1. The first-order valence-corrected chi connectivity index (χ1v) is 17.9. The maximum absolute atomic E-state index is 13.7. The summed E-state index contributed by atoms with van der Waals surface area (Å²) in [4.78, 5) is 6.82. The van der Waals surface area contributed by atoms with Gasteiger partial charge in [-0.15, -0.1) is 22.7 Å². The Morgan fingerprint density at radius 1 is 1.02 bits per heavy atom. The highest BCUT2D eigenvalue weighted by Crippen LogP contribution is 2.39. The SMILES string of the molecule is CCOCc1cc(Cn2nc(-c3cccs3)c3c(C)nc(CC)cc32)ccc1-c1cc(C)sc1S(=O)(=O)Nc1onc(C)c1C. The summed E-state index contributed by atoms with van der Waals surface area (Å²) in [5.41, 5.74) is 8.63. The van der Waals surface area contributed by atoms with E-state index >= 15 is 0 Å². The quantitative estimate of drug-likeness (QED) is 0.149.